The largest absolute Gasteiger partial charge is 0.453 e. The van der Waals surface area contributed by atoms with Crippen LogP contribution in [0.3, 0.4) is 0 Å². The molecule has 1 aliphatic rings. The number of rotatable bonds is 8. The molecule has 0 saturated heterocycles. The summed E-state index contributed by atoms with van der Waals surface area (Å²) in [4.78, 5) is 53.3. The number of fused-ring (bicyclic) bond motifs is 1. The number of carbonyl (C=O) groups is 4. The van der Waals surface area contributed by atoms with Crippen LogP contribution >= 0.6 is 0 Å². The van der Waals surface area contributed by atoms with Crippen molar-refractivity contribution in [2.24, 2.45) is 0 Å². The summed E-state index contributed by atoms with van der Waals surface area (Å²) in [6.07, 6.45) is -0.147. The van der Waals surface area contributed by atoms with Crippen LogP contribution in [0.2, 0.25) is 0 Å². The van der Waals surface area contributed by atoms with E-state index in [1.54, 1.807) is 36.4 Å². The average molecular weight is 456 g/mol. The number of carbonyl (C=O) groups excluding carboxylic acids is 4. The van der Waals surface area contributed by atoms with E-state index >= 15 is 0 Å². The standard InChI is InChI=1S/C28H25NO5/c1-3-19-13-15-21(16-14-19)25(30)18(2)34-28(33)24(17-20-9-5-4-6-10-20)29-26(31)22-11-7-8-12-23(22)27(29)32/h4-16,18,24H,3,17H2,1-2H3. The summed E-state index contributed by atoms with van der Waals surface area (Å²) < 4.78 is 5.53. The Bertz CT molecular complexity index is 1200. The highest BCUT2D eigenvalue weighted by Crippen LogP contribution is 2.27. The predicted octanol–water partition coefficient (Wildman–Crippen LogP) is 4.27. The second-order valence-electron chi connectivity index (χ2n) is 8.23. The Morgan fingerprint density at radius 2 is 1.35 bits per heavy atom. The fraction of sp³-hybridized carbons (Fsp3) is 0.214. The summed E-state index contributed by atoms with van der Waals surface area (Å²) in [7, 11) is 0. The van der Waals surface area contributed by atoms with Crippen LogP contribution in [0.25, 0.3) is 0 Å². The topological polar surface area (TPSA) is 80.8 Å². The van der Waals surface area contributed by atoms with Crippen LogP contribution in [-0.2, 0) is 22.4 Å². The summed E-state index contributed by atoms with van der Waals surface area (Å²) in [6.45, 7) is 3.52. The van der Waals surface area contributed by atoms with E-state index in [0.717, 1.165) is 22.4 Å². The van der Waals surface area contributed by atoms with Gasteiger partial charge >= 0.3 is 5.97 Å². The Kier molecular flexibility index (Phi) is 6.68. The molecule has 3 aromatic rings. The van der Waals surface area contributed by atoms with Gasteiger partial charge < -0.3 is 4.74 Å². The number of imide groups is 1. The van der Waals surface area contributed by atoms with Gasteiger partial charge in [0.2, 0.25) is 5.78 Å². The maximum Gasteiger partial charge on any atom is 0.330 e. The van der Waals surface area contributed by atoms with Gasteiger partial charge in [-0.3, -0.25) is 19.3 Å². The van der Waals surface area contributed by atoms with E-state index in [2.05, 4.69) is 0 Å². The lowest BCUT2D eigenvalue weighted by atomic mass is 10.0. The van der Waals surface area contributed by atoms with E-state index in [1.807, 2.05) is 49.4 Å². The molecule has 0 bridgehead atoms. The first kappa shape index (κ1) is 23.1. The minimum atomic E-state index is -1.20. The molecule has 1 aliphatic heterocycles. The zero-order valence-electron chi connectivity index (χ0n) is 19.1. The van der Waals surface area contributed by atoms with Gasteiger partial charge in [0.15, 0.2) is 6.10 Å². The summed E-state index contributed by atoms with van der Waals surface area (Å²) >= 11 is 0. The van der Waals surface area contributed by atoms with Gasteiger partial charge in [-0.15, -0.1) is 0 Å². The van der Waals surface area contributed by atoms with Gasteiger partial charge in [-0.25, -0.2) is 4.79 Å². The summed E-state index contributed by atoms with van der Waals surface area (Å²) in [5, 5.41) is 0. The first-order valence-corrected chi connectivity index (χ1v) is 11.2. The van der Waals surface area contributed by atoms with Crippen LogP contribution in [-0.4, -0.2) is 40.6 Å². The number of benzene rings is 3. The number of hydrogen-bond donors (Lipinski definition) is 0. The number of esters is 1. The number of ketones is 1. The number of ether oxygens (including phenoxy) is 1. The first-order valence-electron chi connectivity index (χ1n) is 11.2. The van der Waals surface area contributed by atoms with E-state index in [9.17, 15) is 19.2 Å². The molecule has 2 atom stereocenters. The Morgan fingerprint density at radius 3 is 1.91 bits per heavy atom. The summed E-state index contributed by atoms with van der Waals surface area (Å²) in [6, 6.07) is 21.5. The van der Waals surface area contributed by atoms with Crippen LogP contribution in [0.1, 0.15) is 56.0 Å². The van der Waals surface area contributed by atoms with Crippen LogP contribution < -0.4 is 0 Å². The lowest BCUT2D eigenvalue weighted by molar-refractivity contribution is -0.151. The van der Waals surface area contributed by atoms with Crippen LogP contribution in [0, 0.1) is 0 Å². The number of amides is 2. The van der Waals surface area contributed by atoms with Gasteiger partial charge in [-0.05, 0) is 36.6 Å². The molecule has 172 valence electrons. The lowest BCUT2D eigenvalue weighted by Gasteiger charge is -2.26. The van der Waals surface area contributed by atoms with E-state index in [-0.39, 0.29) is 23.3 Å². The van der Waals surface area contributed by atoms with Crippen molar-refractivity contribution in [3.63, 3.8) is 0 Å². The van der Waals surface area contributed by atoms with Crippen LogP contribution in [0.5, 0.6) is 0 Å². The maximum atomic E-state index is 13.3. The Balaban J connectivity index is 1.59. The van der Waals surface area contributed by atoms with Gasteiger partial charge in [0.25, 0.3) is 11.8 Å². The average Bonchev–Trinajstić information content (AvgIpc) is 3.12. The van der Waals surface area contributed by atoms with Crippen molar-refractivity contribution in [2.75, 3.05) is 0 Å². The van der Waals surface area contributed by atoms with Crippen molar-refractivity contribution in [3.05, 3.63) is 107 Å². The smallest absolute Gasteiger partial charge is 0.330 e. The Morgan fingerprint density at radius 1 is 0.794 bits per heavy atom. The first-order chi connectivity index (χ1) is 16.4. The Labute approximate surface area is 198 Å². The van der Waals surface area contributed by atoms with Crippen LogP contribution in [0.15, 0.2) is 78.9 Å². The number of Topliss-reactive ketones (excluding diaryl/α,β-unsaturated/α-hetero) is 1. The molecular weight excluding hydrogens is 430 g/mol. The molecule has 2 amide bonds. The van der Waals surface area contributed by atoms with Crippen molar-refractivity contribution in [2.45, 2.75) is 38.8 Å². The van der Waals surface area contributed by atoms with Gasteiger partial charge in [0.05, 0.1) is 11.1 Å². The molecule has 1 heterocycles. The molecule has 0 spiro atoms. The van der Waals surface area contributed by atoms with E-state index in [1.165, 1.54) is 6.92 Å². The molecular formula is C28H25NO5. The third kappa shape index (κ3) is 4.53. The second-order valence-corrected chi connectivity index (χ2v) is 8.23. The minimum absolute atomic E-state index is 0.0806. The normalized spacial score (nSPS) is 14.5. The Hall–Kier alpha value is -4.06. The molecule has 4 rings (SSSR count). The summed E-state index contributed by atoms with van der Waals surface area (Å²) in [5.74, 6) is -2.25. The zero-order chi connectivity index (χ0) is 24.2. The van der Waals surface area contributed by atoms with E-state index < -0.39 is 29.9 Å². The molecule has 6 nitrogen and oxygen atoms in total. The number of aryl methyl sites for hydroxylation is 1. The van der Waals surface area contributed by atoms with Crippen molar-refractivity contribution in [1.82, 2.24) is 4.90 Å². The van der Waals surface area contributed by atoms with Gasteiger partial charge in [-0.2, -0.15) is 0 Å². The molecule has 3 aromatic carbocycles. The molecule has 0 fully saturated rings. The van der Waals surface area contributed by atoms with E-state index in [4.69, 9.17) is 4.74 Å². The highest BCUT2D eigenvalue weighted by molar-refractivity contribution is 6.22. The molecule has 6 heteroatoms. The quantitative estimate of drug-likeness (QED) is 0.288. The molecule has 0 saturated carbocycles. The van der Waals surface area contributed by atoms with Gasteiger partial charge in [0, 0.05) is 12.0 Å². The molecule has 0 aliphatic carbocycles. The molecule has 34 heavy (non-hydrogen) atoms. The highest BCUT2D eigenvalue weighted by atomic mass is 16.5. The minimum Gasteiger partial charge on any atom is -0.453 e. The lowest BCUT2D eigenvalue weighted by Crippen LogP contribution is -2.48. The third-order valence-electron chi connectivity index (χ3n) is 5.99. The van der Waals surface area contributed by atoms with Crippen molar-refractivity contribution in [3.8, 4) is 0 Å². The van der Waals surface area contributed by atoms with Crippen LogP contribution in [0.4, 0.5) is 0 Å². The molecule has 0 aromatic heterocycles. The van der Waals surface area contributed by atoms with Crippen molar-refractivity contribution < 1.29 is 23.9 Å². The third-order valence-corrected chi connectivity index (χ3v) is 5.99. The van der Waals surface area contributed by atoms with E-state index in [0.29, 0.717) is 5.56 Å². The molecule has 0 N–H and O–H groups in total. The molecule has 0 radical (unpaired) electrons. The number of nitrogens with zero attached hydrogens (tertiary/aromatic N) is 1. The maximum absolute atomic E-state index is 13.3. The second kappa shape index (κ2) is 9.83. The summed E-state index contributed by atoms with van der Waals surface area (Å²) in [5.41, 5.74) is 2.78. The zero-order valence-corrected chi connectivity index (χ0v) is 19.1. The van der Waals surface area contributed by atoms with Gasteiger partial charge in [-0.1, -0.05) is 73.7 Å². The number of hydrogen-bond acceptors (Lipinski definition) is 5. The van der Waals surface area contributed by atoms with Crippen molar-refractivity contribution >= 4 is 23.6 Å². The predicted molar refractivity (Wildman–Crippen MR) is 127 cm³/mol. The SMILES string of the molecule is CCc1ccc(C(=O)C(C)OC(=O)C(Cc2ccccc2)N2C(=O)c3ccccc3C2=O)cc1. The van der Waals surface area contributed by atoms with Gasteiger partial charge in [0.1, 0.15) is 6.04 Å². The highest BCUT2D eigenvalue weighted by Gasteiger charge is 2.44. The monoisotopic (exact) mass is 455 g/mol. The molecule has 2 unspecified atom stereocenters. The van der Waals surface area contributed by atoms with Crippen molar-refractivity contribution in [1.29, 1.82) is 0 Å². The fourth-order valence-electron chi connectivity index (χ4n) is 4.05. The fourth-order valence-corrected chi connectivity index (χ4v) is 4.05.